The van der Waals surface area contributed by atoms with Crippen LogP contribution in [0, 0.1) is 5.92 Å². The van der Waals surface area contributed by atoms with Gasteiger partial charge in [-0.25, -0.2) is 4.98 Å². The van der Waals surface area contributed by atoms with Crippen molar-refractivity contribution < 1.29 is 9.90 Å². The summed E-state index contributed by atoms with van der Waals surface area (Å²) in [5.41, 5.74) is 1.91. The van der Waals surface area contributed by atoms with Gasteiger partial charge in [-0.3, -0.25) is 14.2 Å². The van der Waals surface area contributed by atoms with E-state index in [1.54, 1.807) is 17.7 Å². The Hall–Kier alpha value is -3.23. The average molecular weight is 531 g/mol. The van der Waals surface area contributed by atoms with Crippen LogP contribution in [0.1, 0.15) is 55.6 Å². The van der Waals surface area contributed by atoms with Gasteiger partial charge in [0.2, 0.25) is 5.91 Å². The summed E-state index contributed by atoms with van der Waals surface area (Å²) in [5, 5.41) is 16.1. The number of carbonyl (C=O) groups excluding carboxylic acids is 1. The molecule has 1 amide bonds. The summed E-state index contributed by atoms with van der Waals surface area (Å²) in [4.78, 5) is 33.4. The Morgan fingerprint density at radius 3 is 2.61 bits per heavy atom. The summed E-state index contributed by atoms with van der Waals surface area (Å²) >= 11 is 1.65. The smallest absolute Gasteiger partial charge is 0.262 e. The van der Waals surface area contributed by atoms with Gasteiger partial charge in [0.1, 0.15) is 12.0 Å². The van der Waals surface area contributed by atoms with Gasteiger partial charge in [-0.05, 0) is 65.6 Å². The van der Waals surface area contributed by atoms with Gasteiger partial charge in [0.05, 0.1) is 17.5 Å². The van der Waals surface area contributed by atoms with Crippen molar-refractivity contribution in [3.63, 3.8) is 0 Å². The number of aliphatic hydroxyl groups is 1. The zero-order chi connectivity index (χ0) is 26.1. The van der Waals surface area contributed by atoms with E-state index in [0.717, 1.165) is 25.7 Å². The first kappa shape index (κ1) is 25.1. The molecule has 1 saturated heterocycles. The minimum Gasteiger partial charge on any atom is -0.388 e. The fourth-order valence-corrected chi connectivity index (χ4v) is 6.96. The molecule has 4 heterocycles. The number of carbonyl (C=O) groups is 1. The number of benzene rings is 1. The van der Waals surface area contributed by atoms with Gasteiger partial charge in [0.25, 0.3) is 5.56 Å². The number of aromatic nitrogens is 3. The summed E-state index contributed by atoms with van der Waals surface area (Å²) < 4.78 is 3.51. The molecule has 8 heteroatoms. The molecule has 1 aliphatic carbocycles. The second kappa shape index (κ2) is 10.5. The molecule has 0 bridgehead atoms. The Morgan fingerprint density at radius 2 is 1.84 bits per heavy atom. The molecule has 1 N–H and O–H groups in total. The summed E-state index contributed by atoms with van der Waals surface area (Å²) in [6, 6.07) is 14.3. The highest BCUT2D eigenvalue weighted by Crippen LogP contribution is 2.39. The number of rotatable bonds is 6. The van der Waals surface area contributed by atoms with Crippen molar-refractivity contribution in [1.82, 2.24) is 19.0 Å². The van der Waals surface area contributed by atoms with Gasteiger partial charge in [-0.2, -0.15) is 11.3 Å². The number of amides is 1. The van der Waals surface area contributed by atoms with Crippen LogP contribution in [0.25, 0.3) is 11.0 Å². The summed E-state index contributed by atoms with van der Waals surface area (Å²) in [6.07, 6.45) is 8.57. The zero-order valence-electron chi connectivity index (χ0n) is 21.5. The summed E-state index contributed by atoms with van der Waals surface area (Å²) in [5.74, 6) is 0.485. The van der Waals surface area contributed by atoms with Gasteiger partial charge in [0, 0.05) is 31.7 Å². The number of likely N-dealkylation sites (tertiary alicyclic amines) is 1. The van der Waals surface area contributed by atoms with E-state index in [4.69, 9.17) is 0 Å². The van der Waals surface area contributed by atoms with Crippen molar-refractivity contribution in [3.8, 4) is 0 Å². The summed E-state index contributed by atoms with van der Waals surface area (Å²) in [6.45, 7) is 1.87. The Balaban J connectivity index is 1.13. The second-order valence-corrected chi connectivity index (χ2v) is 11.7. The molecule has 1 saturated carbocycles. The first-order valence-electron chi connectivity index (χ1n) is 13.6. The lowest BCUT2D eigenvalue weighted by Crippen LogP contribution is -2.51. The Kier molecular flexibility index (Phi) is 6.93. The van der Waals surface area contributed by atoms with Gasteiger partial charge < -0.3 is 14.6 Å². The van der Waals surface area contributed by atoms with Crippen molar-refractivity contribution >= 4 is 28.3 Å². The van der Waals surface area contributed by atoms with Gasteiger partial charge in [-0.1, -0.05) is 43.2 Å². The molecule has 2 fully saturated rings. The molecular formula is C30H34N4O3S. The van der Waals surface area contributed by atoms with E-state index in [2.05, 4.69) is 40.7 Å². The molecular weight excluding hydrogens is 496 g/mol. The van der Waals surface area contributed by atoms with Gasteiger partial charge in [-0.15, -0.1) is 0 Å². The van der Waals surface area contributed by atoms with Crippen LogP contribution in [0.5, 0.6) is 0 Å². The van der Waals surface area contributed by atoms with Crippen molar-refractivity contribution in [1.29, 1.82) is 0 Å². The number of hydrogen-bond acceptors (Lipinski definition) is 5. The fraction of sp³-hybridized carbons (Fsp3) is 0.433. The third kappa shape index (κ3) is 4.95. The molecule has 2 aliphatic rings. The van der Waals surface area contributed by atoms with E-state index in [9.17, 15) is 14.7 Å². The average Bonchev–Trinajstić information content (AvgIpc) is 3.62. The van der Waals surface area contributed by atoms with E-state index in [0.29, 0.717) is 43.5 Å². The number of nitrogens with zero attached hydrogens (tertiary/aromatic N) is 4. The second-order valence-electron chi connectivity index (χ2n) is 10.9. The molecule has 1 aromatic carbocycles. The lowest BCUT2D eigenvalue weighted by Gasteiger charge is -2.41. The third-order valence-corrected chi connectivity index (χ3v) is 9.19. The van der Waals surface area contributed by atoms with Crippen LogP contribution in [0.4, 0.5) is 0 Å². The Labute approximate surface area is 226 Å². The molecule has 7 nitrogen and oxygen atoms in total. The highest BCUT2D eigenvalue weighted by atomic mass is 32.1. The van der Waals surface area contributed by atoms with Gasteiger partial charge >= 0.3 is 0 Å². The molecule has 1 aliphatic heterocycles. The van der Waals surface area contributed by atoms with Gasteiger partial charge in [0.15, 0.2) is 0 Å². The maximum atomic E-state index is 13.6. The molecule has 0 spiro atoms. The van der Waals surface area contributed by atoms with Crippen LogP contribution >= 0.6 is 11.3 Å². The predicted molar refractivity (Wildman–Crippen MR) is 149 cm³/mol. The first-order valence-corrected chi connectivity index (χ1v) is 14.6. The highest BCUT2D eigenvalue weighted by Gasteiger charge is 2.39. The van der Waals surface area contributed by atoms with Crippen LogP contribution in [-0.4, -0.2) is 48.7 Å². The van der Waals surface area contributed by atoms with Crippen LogP contribution in [0.15, 0.2) is 70.5 Å². The molecule has 4 aromatic rings. The number of thiophene rings is 1. The normalized spacial score (nSPS) is 21.6. The van der Waals surface area contributed by atoms with Crippen molar-refractivity contribution in [2.24, 2.45) is 5.92 Å². The lowest BCUT2D eigenvalue weighted by atomic mass is 9.74. The largest absolute Gasteiger partial charge is 0.388 e. The quantitative estimate of drug-likeness (QED) is 0.394. The number of hydrogen-bond donors (Lipinski definition) is 1. The highest BCUT2D eigenvalue weighted by molar-refractivity contribution is 7.07. The third-order valence-electron chi connectivity index (χ3n) is 8.46. The lowest BCUT2D eigenvalue weighted by molar-refractivity contribution is -0.142. The molecule has 6 rings (SSSR count). The number of fused-ring (bicyclic) bond motifs is 1. The van der Waals surface area contributed by atoms with E-state index in [1.807, 2.05) is 33.2 Å². The van der Waals surface area contributed by atoms with Crippen LogP contribution in [0.2, 0.25) is 0 Å². The predicted octanol–water partition coefficient (Wildman–Crippen LogP) is 4.64. The van der Waals surface area contributed by atoms with Crippen molar-refractivity contribution in [2.75, 3.05) is 13.1 Å². The topological polar surface area (TPSA) is 80.4 Å². The Bertz CT molecular complexity index is 1450. The molecule has 0 unspecified atom stereocenters. The standard InChI is InChI=1S/C30H34N4O3S/c35-28(25-9-5-4-8-24(25)23-6-2-1-3-7-23)32-15-12-30(37,13-16-32)20-34-21-31-27-26(29(34)36)10-14-33(27)18-22-11-17-38-19-22/h1-3,6-7,10-11,14,17,19,21,24-25,37H,4-5,8-9,12-13,15-16,18,20H2/t24-,25+/m0/s1. The minimum absolute atomic E-state index is 0.00434. The molecule has 198 valence electrons. The molecule has 38 heavy (non-hydrogen) atoms. The Morgan fingerprint density at radius 1 is 1.05 bits per heavy atom. The maximum absolute atomic E-state index is 13.6. The molecule has 3 aromatic heterocycles. The van der Waals surface area contributed by atoms with Crippen molar-refractivity contribution in [2.45, 2.75) is 63.1 Å². The van der Waals surface area contributed by atoms with E-state index in [1.165, 1.54) is 15.7 Å². The van der Waals surface area contributed by atoms with E-state index >= 15 is 0 Å². The first-order chi connectivity index (χ1) is 18.5. The van der Waals surface area contributed by atoms with Crippen LogP contribution in [-0.2, 0) is 17.9 Å². The molecule has 0 radical (unpaired) electrons. The SMILES string of the molecule is O=C([C@@H]1CCCC[C@H]1c1ccccc1)N1CCC(O)(Cn2cnc3c(ccn3Cc3ccsc3)c2=O)CC1. The monoisotopic (exact) mass is 530 g/mol. The molecule has 2 atom stereocenters. The van der Waals surface area contributed by atoms with Crippen LogP contribution in [0.3, 0.4) is 0 Å². The minimum atomic E-state index is -1.04. The zero-order valence-corrected chi connectivity index (χ0v) is 22.4. The van der Waals surface area contributed by atoms with E-state index < -0.39 is 5.60 Å². The van der Waals surface area contributed by atoms with Crippen LogP contribution < -0.4 is 5.56 Å². The van der Waals surface area contributed by atoms with E-state index in [-0.39, 0.29) is 29.8 Å². The fourth-order valence-electron chi connectivity index (χ4n) is 6.30. The summed E-state index contributed by atoms with van der Waals surface area (Å²) in [7, 11) is 0. The van der Waals surface area contributed by atoms with Crippen molar-refractivity contribution in [3.05, 3.63) is 87.2 Å². The number of piperidine rings is 1. The maximum Gasteiger partial charge on any atom is 0.262 e.